The number of hydrogen-bond acceptors (Lipinski definition) is 9. The summed E-state index contributed by atoms with van der Waals surface area (Å²) in [4.78, 5) is 49.1. The van der Waals surface area contributed by atoms with Crippen molar-refractivity contribution < 1.29 is 28.6 Å². The fourth-order valence-electron chi connectivity index (χ4n) is 3.99. The molecule has 1 amide bonds. The summed E-state index contributed by atoms with van der Waals surface area (Å²) in [7, 11) is 0. The third-order valence-electron chi connectivity index (χ3n) is 5.58. The number of nitrogens with zero attached hydrogens (tertiary/aromatic N) is 3. The van der Waals surface area contributed by atoms with Gasteiger partial charge in [0.05, 0.1) is 23.9 Å². The van der Waals surface area contributed by atoms with Crippen LogP contribution in [-0.2, 0) is 9.53 Å². The molecule has 0 aliphatic carbocycles. The maximum atomic E-state index is 13.6. The van der Waals surface area contributed by atoms with Crippen LogP contribution in [0.5, 0.6) is 0 Å². The number of aliphatic hydroxyl groups excluding tert-OH is 1. The van der Waals surface area contributed by atoms with E-state index in [9.17, 15) is 19.5 Å². The van der Waals surface area contributed by atoms with Gasteiger partial charge in [0, 0.05) is 17.8 Å². The van der Waals surface area contributed by atoms with E-state index < -0.39 is 29.5 Å². The van der Waals surface area contributed by atoms with Gasteiger partial charge in [0.1, 0.15) is 10.5 Å². The Bertz CT molecular complexity index is 1470. The van der Waals surface area contributed by atoms with E-state index in [4.69, 9.17) is 9.15 Å². The second-order valence-electron chi connectivity index (χ2n) is 7.73. The fraction of sp³-hybridized carbons (Fsp3) is 0.160. The number of carbonyl (C=O) groups is 3. The van der Waals surface area contributed by atoms with Crippen molar-refractivity contribution >= 4 is 45.1 Å². The first-order valence-electron chi connectivity index (χ1n) is 10.7. The molecule has 10 heteroatoms. The van der Waals surface area contributed by atoms with Crippen molar-refractivity contribution in [2.24, 2.45) is 0 Å². The summed E-state index contributed by atoms with van der Waals surface area (Å²) in [5.74, 6) is -2.71. The lowest BCUT2D eigenvalue weighted by atomic mass is 9.96. The van der Waals surface area contributed by atoms with E-state index in [1.165, 1.54) is 17.3 Å². The molecule has 4 heterocycles. The molecule has 0 saturated carbocycles. The Morgan fingerprint density at radius 3 is 2.66 bits per heavy atom. The number of ketones is 1. The van der Waals surface area contributed by atoms with E-state index >= 15 is 0 Å². The average Bonchev–Trinajstić information content (AvgIpc) is 3.53. The van der Waals surface area contributed by atoms with Gasteiger partial charge in [-0.3, -0.25) is 19.5 Å². The number of rotatable bonds is 6. The molecule has 5 rings (SSSR count). The smallest absolute Gasteiger partial charge is 0.350 e. The molecular formula is C25H19N3O6S. The summed E-state index contributed by atoms with van der Waals surface area (Å²) < 4.78 is 10.8. The highest BCUT2D eigenvalue weighted by molar-refractivity contribution is 7.17. The first kappa shape index (κ1) is 22.5. The summed E-state index contributed by atoms with van der Waals surface area (Å²) in [5, 5.41) is 11.8. The quantitative estimate of drug-likeness (QED) is 0.309. The molecule has 0 bridgehead atoms. The third-order valence-corrected chi connectivity index (χ3v) is 6.71. The van der Waals surface area contributed by atoms with E-state index in [-0.39, 0.29) is 27.9 Å². The average molecular weight is 490 g/mol. The number of esters is 1. The number of carbonyl (C=O) groups excluding carboxylic acids is 3. The molecule has 1 atom stereocenters. The summed E-state index contributed by atoms with van der Waals surface area (Å²) in [6, 6.07) is 11.0. The van der Waals surface area contributed by atoms with Crippen molar-refractivity contribution in [3.63, 3.8) is 0 Å². The van der Waals surface area contributed by atoms with Crippen molar-refractivity contribution in [2.45, 2.75) is 19.9 Å². The first-order chi connectivity index (χ1) is 16.9. The van der Waals surface area contributed by atoms with E-state index in [1.807, 2.05) is 6.07 Å². The summed E-state index contributed by atoms with van der Waals surface area (Å²) >= 11 is 0.954. The zero-order chi connectivity index (χ0) is 24.7. The number of aryl methyl sites for hydroxylation is 1. The number of aliphatic hydroxyl groups is 1. The number of fused-ring (bicyclic) bond motifs is 1. The van der Waals surface area contributed by atoms with E-state index in [0.29, 0.717) is 22.2 Å². The van der Waals surface area contributed by atoms with Crippen LogP contribution in [0.4, 0.5) is 5.13 Å². The maximum absolute atomic E-state index is 13.6. The third kappa shape index (κ3) is 3.77. The molecule has 1 N–H and O–H groups in total. The lowest BCUT2D eigenvalue weighted by molar-refractivity contribution is -0.117. The maximum Gasteiger partial charge on any atom is 0.350 e. The molecule has 0 saturated heterocycles. The van der Waals surface area contributed by atoms with Crippen LogP contribution < -0.4 is 4.90 Å². The largest absolute Gasteiger partial charge is 0.503 e. The number of hydrogen-bond donors (Lipinski definition) is 1. The van der Waals surface area contributed by atoms with Crippen LogP contribution in [0.1, 0.15) is 44.4 Å². The standard InChI is InChI=1S/C25H19N3O6S/c1-3-33-24(32)22-13(2)27-25(35-22)28-19(14-8-10-26-11-9-14)18(21(30)23(28)31)20(29)17-12-15-6-4-5-7-16(15)34-17/h4-12,19,30H,3H2,1-2H3. The molecule has 1 unspecified atom stereocenters. The number of furan rings is 1. The van der Waals surface area contributed by atoms with Gasteiger partial charge >= 0.3 is 5.97 Å². The molecule has 9 nitrogen and oxygen atoms in total. The number of para-hydroxylation sites is 1. The predicted octanol–water partition coefficient (Wildman–Crippen LogP) is 4.55. The summed E-state index contributed by atoms with van der Waals surface area (Å²) in [5.41, 5.74) is 1.27. The number of aromatic nitrogens is 2. The summed E-state index contributed by atoms with van der Waals surface area (Å²) in [6.45, 7) is 3.50. The molecular weight excluding hydrogens is 470 g/mol. The first-order valence-corrected chi connectivity index (χ1v) is 11.6. The monoisotopic (exact) mass is 489 g/mol. The number of ether oxygens (including phenoxy) is 1. The van der Waals surface area contributed by atoms with Gasteiger partial charge in [-0.25, -0.2) is 9.78 Å². The number of anilines is 1. The Morgan fingerprint density at radius 2 is 1.94 bits per heavy atom. The van der Waals surface area contributed by atoms with E-state index in [1.54, 1.807) is 50.2 Å². The zero-order valence-corrected chi connectivity index (χ0v) is 19.5. The minimum Gasteiger partial charge on any atom is -0.503 e. The van der Waals surface area contributed by atoms with Crippen LogP contribution >= 0.6 is 11.3 Å². The SMILES string of the molecule is CCOC(=O)c1sc(N2C(=O)C(O)=C(C(=O)c3cc4ccccc4o3)C2c2ccncc2)nc1C. The number of thiazole rings is 1. The highest BCUT2D eigenvalue weighted by Crippen LogP contribution is 2.44. The van der Waals surface area contributed by atoms with Gasteiger partial charge in [-0.2, -0.15) is 0 Å². The van der Waals surface area contributed by atoms with Crippen LogP contribution in [-0.4, -0.2) is 39.3 Å². The molecule has 1 aliphatic heterocycles. The molecule has 1 aliphatic rings. The summed E-state index contributed by atoms with van der Waals surface area (Å²) in [6.07, 6.45) is 3.04. The van der Waals surface area contributed by atoms with Gasteiger partial charge in [0.15, 0.2) is 16.7 Å². The van der Waals surface area contributed by atoms with Crippen LogP contribution in [0, 0.1) is 6.92 Å². The van der Waals surface area contributed by atoms with Crippen LogP contribution in [0.15, 0.2) is 70.6 Å². The van der Waals surface area contributed by atoms with Crippen molar-refractivity contribution in [2.75, 3.05) is 11.5 Å². The number of benzene rings is 1. The Hall–Kier alpha value is -4.31. The van der Waals surface area contributed by atoms with Gasteiger partial charge in [-0.15, -0.1) is 0 Å². The normalized spacial score (nSPS) is 15.8. The lowest BCUT2D eigenvalue weighted by Crippen LogP contribution is -2.31. The minimum absolute atomic E-state index is 0.0102. The van der Waals surface area contributed by atoms with Crippen molar-refractivity contribution in [3.8, 4) is 0 Å². The van der Waals surface area contributed by atoms with Crippen molar-refractivity contribution in [1.29, 1.82) is 0 Å². The molecule has 0 spiro atoms. The van der Waals surface area contributed by atoms with E-state index in [0.717, 1.165) is 11.3 Å². The van der Waals surface area contributed by atoms with Crippen molar-refractivity contribution in [3.05, 3.63) is 88.1 Å². The zero-order valence-electron chi connectivity index (χ0n) is 18.7. The van der Waals surface area contributed by atoms with Crippen LogP contribution in [0.25, 0.3) is 11.0 Å². The molecule has 0 fully saturated rings. The second-order valence-corrected chi connectivity index (χ2v) is 8.71. The Morgan fingerprint density at radius 1 is 1.20 bits per heavy atom. The highest BCUT2D eigenvalue weighted by atomic mass is 32.1. The molecule has 35 heavy (non-hydrogen) atoms. The van der Waals surface area contributed by atoms with Crippen molar-refractivity contribution in [1.82, 2.24) is 9.97 Å². The van der Waals surface area contributed by atoms with Crippen LogP contribution in [0.3, 0.4) is 0 Å². The van der Waals surface area contributed by atoms with Gasteiger partial charge in [-0.1, -0.05) is 29.5 Å². The Kier molecular flexibility index (Phi) is 5.65. The van der Waals surface area contributed by atoms with Crippen LogP contribution in [0.2, 0.25) is 0 Å². The number of Topliss-reactive ketones (excluding diaryl/α,β-unsaturated/α-hetero) is 1. The van der Waals surface area contributed by atoms with Gasteiger partial charge < -0.3 is 14.3 Å². The Labute approximate surface area is 203 Å². The second kappa shape index (κ2) is 8.80. The topological polar surface area (TPSA) is 123 Å². The molecule has 176 valence electrons. The number of amides is 1. The van der Waals surface area contributed by atoms with Gasteiger partial charge in [0.25, 0.3) is 5.91 Å². The highest BCUT2D eigenvalue weighted by Gasteiger charge is 2.47. The number of pyridine rings is 1. The molecule has 1 aromatic carbocycles. The lowest BCUT2D eigenvalue weighted by Gasteiger charge is -2.24. The minimum atomic E-state index is -1.01. The molecule has 4 aromatic rings. The van der Waals surface area contributed by atoms with Gasteiger partial charge in [-0.05, 0) is 43.7 Å². The van der Waals surface area contributed by atoms with Gasteiger partial charge in [0.2, 0.25) is 5.78 Å². The Balaban J connectivity index is 1.62. The molecule has 3 aromatic heterocycles. The predicted molar refractivity (Wildman–Crippen MR) is 127 cm³/mol. The van der Waals surface area contributed by atoms with E-state index in [2.05, 4.69) is 9.97 Å². The fourth-order valence-corrected chi connectivity index (χ4v) is 4.98. The molecule has 0 radical (unpaired) electrons.